The first-order valence-electron chi connectivity index (χ1n) is 11.6. The van der Waals surface area contributed by atoms with E-state index in [4.69, 9.17) is 22.3 Å². The topological polar surface area (TPSA) is 252 Å². The van der Waals surface area contributed by atoms with E-state index >= 15 is 0 Å². The van der Waals surface area contributed by atoms with Crippen molar-refractivity contribution in [3.63, 3.8) is 0 Å². The SMILES string of the molecule is CC(NC(=O)C(Cc1ccccc1)NC(=O)C(N)CCCN=C(N)N)C(=O)NC(CCC(=O)O)C(=O)O. The Morgan fingerprint density at radius 1 is 0.892 bits per heavy atom. The van der Waals surface area contributed by atoms with Crippen molar-refractivity contribution in [1.29, 1.82) is 0 Å². The third-order valence-corrected chi connectivity index (χ3v) is 5.23. The molecule has 1 aromatic carbocycles. The zero-order chi connectivity index (χ0) is 28.0. The molecule has 0 radical (unpaired) electrons. The number of hydrogen-bond acceptors (Lipinski definition) is 7. The average Bonchev–Trinajstić information content (AvgIpc) is 2.83. The summed E-state index contributed by atoms with van der Waals surface area (Å²) in [5.41, 5.74) is 17.2. The maximum atomic E-state index is 13.0. The van der Waals surface area contributed by atoms with E-state index in [1.54, 1.807) is 30.3 Å². The van der Waals surface area contributed by atoms with Crippen LogP contribution in [0.2, 0.25) is 0 Å². The second-order valence-electron chi connectivity index (χ2n) is 8.37. The van der Waals surface area contributed by atoms with Crippen LogP contribution >= 0.6 is 0 Å². The monoisotopic (exact) mass is 521 g/mol. The molecular formula is C23H35N7O7. The molecule has 0 saturated heterocycles. The van der Waals surface area contributed by atoms with Gasteiger partial charge >= 0.3 is 11.9 Å². The van der Waals surface area contributed by atoms with Crippen molar-refractivity contribution in [2.45, 2.75) is 63.2 Å². The lowest BCUT2D eigenvalue weighted by Gasteiger charge is -2.23. The first-order valence-corrected chi connectivity index (χ1v) is 11.6. The van der Waals surface area contributed by atoms with Crippen molar-refractivity contribution in [3.05, 3.63) is 35.9 Å². The summed E-state index contributed by atoms with van der Waals surface area (Å²) in [6, 6.07) is 4.20. The Balaban J connectivity index is 2.85. The van der Waals surface area contributed by atoms with Crippen molar-refractivity contribution in [2.24, 2.45) is 22.2 Å². The number of carboxylic acid groups (broad SMARTS) is 2. The minimum absolute atomic E-state index is 0.0765. The molecule has 11 N–H and O–H groups in total. The fourth-order valence-corrected chi connectivity index (χ4v) is 3.19. The molecule has 0 bridgehead atoms. The van der Waals surface area contributed by atoms with Gasteiger partial charge in [0.25, 0.3) is 0 Å². The molecule has 3 amide bonds. The Morgan fingerprint density at radius 2 is 1.51 bits per heavy atom. The average molecular weight is 522 g/mol. The van der Waals surface area contributed by atoms with Crippen LogP contribution in [0.1, 0.15) is 38.2 Å². The highest BCUT2D eigenvalue weighted by Crippen LogP contribution is 2.06. The normalized spacial score (nSPS) is 13.8. The van der Waals surface area contributed by atoms with Crippen LogP contribution < -0.4 is 33.2 Å². The summed E-state index contributed by atoms with van der Waals surface area (Å²) >= 11 is 0. The number of benzene rings is 1. The van der Waals surface area contributed by atoms with Crippen molar-refractivity contribution in [3.8, 4) is 0 Å². The summed E-state index contributed by atoms with van der Waals surface area (Å²) in [6.45, 7) is 1.62. The van der Waals surface area contributed by atoms with Crippen LogP contribution in [0.3, 0.4) is 0 Å². The smallest absolute Gasteiger partial charge is 0.326 e. The first kappa shape index (κ1) is 30.8. The first-order chi connectivity index (χ1) is 17.4. The third-order valence-electron chi connectivity index (χ3n) is 5.23. The van der Waals surface area contributed by atoms with E-state index in [0.29, 0.717) is 6.42 Å². The molecule has 0 heterocycles. The standard InChI is InChI=1S/C23H35N7O7/c1-13(19(33)29-16(22(36)37)9-10-18(31)32)28-21(35)17(12-14-6-3-2-4-7-14)30-20(34)15(24)8-5-11-27-23(25)26/h2-4,6-7,13,15-17H,5,8-12,24H2,1H3,(H,28,35)(H,29,33)(H,30,34)(H,31,32)(H,36,37)(H4,25,26,27). The van der Waals surface area contributed by atoms with Gasteiger partial charge in [-0.3, -0.25) is 24.2 Å². The summed E-state index contributed by atoms with van der Waals surface area (Å²) in [5.74, 6) is -4.80. The highest BCUT2D eigenvalue weighted by molar-refractivity contribution is 5.94. The summed E-state index contributed by atoms with van der Waals surface area (Å²) in [5, 5.41) is 25.3. The van der Waals surface area contributed by atoms with Gasteiger partial charge < -0.3 is 43.4 Å². The molecule has 204 valence electrons. The van der Waals surface area contributed by atoms with Gasteiger partial charge in [0, 0.05) is 19.4 Å². The maximum absolute atomic E-state index is 13.0. The van der Waals surface area contributed by atoms with Crippen molar-refractivity contribution in [1.82, 2.24) is 16.0 Å². The van der Waals surface area contributed by atoms with Gasteiger partial charge in [-0.1, -0.05) is 30.3 Å². The zero-order valence-corrected chi connectivity index (χ0v) is 20.6. The van der Waals surface area contributed by atoms with Gasteiger partial charge in [0.15, 0.2) is 5.96 Å². The number of rotatable bonds is 16. The molecule has 0 aliphatic heterocycles. The molecular weight excluding hydrogens is 486 g/mol. The molecule has 14 nitrogen and oxygen atoms in total. The second-order valence-corrected chi connectivity index (χ2v) is 8.37. The van der Waals surface area contributed by atoms with Crippen LogP contribution in [0.4, 0.5) is 0 Å². The van der Waals surface area contributed by atoms with Gasteiger partial charge in [-0.25, -0.2) is 4.79 Å². The Hall–Kier alpha value is -4.20. The molecule has 0 aliphatic carbocycles. The lowest BCUT2D eigenvalue weighted by molar-refractivity contribution is -0.143. The molecule has 0 saturated carbocycles. The minimum Gasteiger partial charge on any atom is -0.481 e. The van der Waals surface area contributed by atoms with Crippen LogP contribution in [0.15, 0.2) is 35.3 Å². The Labute approximate surface area is 214 Å². The minimum atomic E-state index is -1.44. The summed E-state index contributed by atoms with van der Waals surface area (Å²) in [4.78, 5) is 64.0. The number of nitrogens with zero attached hydrogens (tertiary/aromatic N) is 1. The molecule has 37 heavy (non-hydrogen) atoms. The number of carboxylic acids is 2. The van der Waals surface area contributed by atoms with Gasteiger partial charge in [-0.2, -0.15) is 0 Å². The van der Waals surface area contributed by atoms with Crippen molar-refractivity contribution in [2.75, 3.05) is 6.54 Å². The van der Waals surface area contributed by atoms with Crippen molar-refractivity contribution < 1.29 is 34.2 Å². The fraction of sp³-hybridized carbons (Fsp3) is 0.478. The van der Waals surface area contributed by atoms with Crippen LogP contribution in [0, 0.1) is 0 Å². The molecule has 0 spiro atoms. The van der Waals surface area contributed by atoms with E-state index in [1.165, 1.54) is 6.92 Å². The number of aliphatic imine (C=N–C) groups is 1. The summed E-state index contributed by atoms with van der Waals surface area (Å²) < 4.78 is 0. The quantitative estimate of drug-likeness (QED) is 0.0676. The van der Waals surface area contributed by atoms with Gasteiger partial charge in [-0.15, -0.1) is 0 Å². The van der Waals surface area contributed by atoms with Crippen LogP contribution in [-0.4, -0.2) is 76.5 Å². The Morgan fingerprint density at radius 3 is 2.08 bits per heavy atom. The van der Waals surface area contributed by atoms with E-state index in [0.717, 1.165) is 5.56 Å². The number of carbonyl (C=O) groups excluding carboxylic acids is 3. The largest absolute Gasteiger partial charge is 0.481 e. The van der Waals surface area contributed by atoms with Gasteiger partial charge in [0.1, 0.15) is 18.1 Å². The van der Waals surface area contributed by atoms with Gasteiger partial charge in [-0.05, 0) is 31.7 Å². The number of nitrogens with two attached hydrogens (primary N) is 3. The fourth-order valence-electron chi connectivity index (χ4n) is 3.19. The molecule has 0 fully saturated rings. The molecule has 4 atom stereocenters. The maximum Gasteiger partial charge on any atom is 0.326 e. The van der Waals surface area contributed by atoms with Crippen LogP contribution in [0.25, 0.3) is 0 Å². The van der Waals surface area contributed by atoms with E-state index in [2.05, 4.69) is 20.9 Å². The van der Waals surface area contributed by atoms with Crippen LogP contribution in [-0.2, 0) is 30.4 Å². The van der Waals surface area contributed by atoms with E-state index in [-0.39, 0.29) is 31.8 Å². The Bertz CT molecular complexity index is 967. The van der Waals surface area contributed by atoms with Crippen LogP contribution in [0.5, 0.6) is 0 Å². The molecule has 1 rings (SSSR count). The molecule has 1 aromatic rings. The van der Waals surface area contributed by atoms with E-state index in [1.807, 2.05) is 0 Å². The number of amides is 3. The molecule has 0 aliphatic rings. The Kier molecular flexibility index (Phi) is 13.1. The predicted octanol–water partition coefficient (Wildman–Crippen LogP) is -1.97. The second kappa shape index (κ2) is 15.7. The zero-order valence-electron chi connectivity index (χ0n) is 20.6. The number of carbonyl (C=O) groups is 5. The number of guanidine groups is 1. The summed E-state index contributed by atoms with van der Waals surface area (Å²) in [6.07, 6.45) is 0.00390. The van der Waals surface area contributed by atoms with E-state index < -0.39 is 60.2 Å². The molecule has 14 heteroatoms. The lowest BCUT2D eigenvalue weighted by Crippen LogP contribution is -2.56. The van der Waals surface area contributed by atoms with Gasteiger partial charge in [0.05, 0.1) is 6.04 Å². The lowest BCUT2D eigenvalue weighted by atomic mass is 10.0. The third kappa shape index (κ3) is 12.4. The van der Waals surface area contributed by atoms with E-state index in [9.17, 15) is 29.1 Å². The highest BCUT2D eigenvalue weighted by Gasteiger charge is 2.28. The predicted molar refractivity (Wildman–Crippen MR) is 134 cm³/mol. The summed E-state index contributed by atoms with van der Waals surface area (Å²) in [7, 11) is 0. The number of aliphatic carboxylic acids is 2. The van der Waals surface area contributed by atoms with Crippen molar-refractivity contribution >= 4 is 35.6 Å². The molecule has 0 aromatic heterocycles. The number of nitrogens with one attached hydrogen (secondary N) is 3. The highest BCUT2D eigenvalue weighted by atomic mass is 16.4. The van der Waals surface area contributed by atoms with Gasteiger partial charge in [0.2, 0.25) is 17.7 Å². The molecule has 4 unspecified atom stereocenters. The number of hydrogen-bond donors (Lipinski definition) is 8.